The van der Waals surface area contributed by atoms with Crippen molar-refractivity contribution in [3.63, 3.8) is 0 Å². The van der Waals surface area contributed by atoms with Gasteiger partial charge in [-0.15, -0.1) is 0 Å². The molecule has 0 fully saturated rings. The molecule has 0 aliphatic rings. The van der Waals surface area contributed by atoms with Crippen molar-refractivity contribution in [3.8, 4) is 22.5 Å². The number of hydrogen-bond acceptors (Lipinski definition) is 5. The Morgan fingerprint density at radius 1 is 1.00 bits per heavy atom. The summed E-state index contributed by atoms with van der Waals surface area (Å²) in [6.07, 6.45) is 15.8. The average Bonchev–Trinajstić information content (AvgIpc) is 3.75. The third kappa shape index (κ3) is 7.64. The predicted octanol–water partition coefficient (Wildman–Crippen LogP) is 9.30. The second-order valence-corrected chi connectivity index (χ2v) is 11.2. The Morgan fingerprint density at radius 2 is 1.83 bits per heavy atom. The molecule has 0 bridgehead atoms. The van der Waals surface area contributed by atoms with E-state index < -0.39 is 0 Å². The van der Waals surface area contributed by atoms with E-state index in [1.54, 1.807) is 42.8 Å². The molecule has 0 aliphatic carbocycles. The maximum absolute atomic E-state index is 12.3. The van der Waals surface area contributed by atoms with Crippen LogP contribution in [0.5, 0.6) is 0 Å². The molecule has 242 valence electrons. The van der Waals surface area contributed by atoms with Crippen LogP contribution in [0.3, 0.4) is 0 Å². The van der Waals surface area contributed by atoms with Crippen LogP contribution in [-0.2, 0) is 0 Å². The number of rotatable bonds is 9. The zero-order valence-corrected chi connectivity index (χ0v) is 27.8. The largest absolute Gasteiger partial charge is 0.353 e. The van der Waals surface area contributed by atoms with Crippen molar-refractivity contribution >= 4 is 44.8 Å². The number of carbonyl (C=O) groups excluding carboxylic acids is 1. The van der Waals surface area contributed by atoms with Crippen LogP contribution >= 0.6 is 0 Å². The fourth-order valence-electron chi connectivity index (χ4n) is 5.07. The van der Waals surface area contributed by atoms with Gasteiger partial charge in [0.25, 0.3) is 0 Å². The SMILES string of the molecule is C=C(/C=C\CC)c1cccc2[nH]c(-c3[nH]nc4ncc(-c5cncc(NC(=O)N(C)CC)c5)cc34)cc12.C=C/C=C(\C)c1ccccn1. The number of nitrogens with zero attached hydrogens (tertiary/aromatic N) is 5. The van der Waals surface area contributed by atoms with E-state index in [9.17, 15) is 4.79 Å². The molecule has 6 rings (SSSR count). The molecular formula is C39H40N8O. The Balaban J connectivity index is 0.000000349. The van der Waals surface area contributed by atoms with Gasteiger partial charge in [0.05, 0.1) is 29.0 Å². The van der Waals surface area contributed by atoms with Crippen LogP contribution in [0, 0.1) is 0 Å². The standard InChI is InChI=1S/C29H29N7O.C10H11N/c1-5-7-9-18(3)22-10-8-11-25-23(22)14-26(33-25)27-24-13-20(16-31-28(24)35-34-27)19-12-21(17-30-15-19)32-29(37)36(4)6-2;1-3-6-9(2)10-7-4-5-8-11-10/h7-17,33H,3,5-6H2,1-2,4H3,(H,32,37)(H,31,34,35);3-8H,1H2,2H3/b9-7-;9-6+. The smallest absolute Gasteiger partial charge is 0.321 e. The van der Waals surface area contributed by atoms with Crippen LogP contribution < -0.4 is 5.32 Å². The second kappa shape index (κ2) is 15.5. The van der Waals surface area contributed by atoms with Gasteiger partial charge in [-0.25, -0.2) is 9.78 Å². The maximum atomic E-state index is 12.3. The number of nitrogens with one attached hydrogen (secondary N) is 3. The minimum Gasteiger partial charge on any atom is -0.353 e. The summed E-state index contributed by atoms with van der Waals surface area (Å²) in [5, 5.41) is 12.4. The van der Waals surface area contributed by atoms with E-state index in [1.165, 1.54) is 0 Å². The Kier molecular flexibility index (Phi) is 10.7. The number of allylic oxidation sites excluding steroid dienone is 6. The molecule has 6 aromatic rings. The van der Waals surface area contributed by atoms with Crippen LogP contribution in [0.1, 0.15) is 38.4 Å². The predicted molar refractivity (Wildman–Crippen MR) is 198 cm³/mol. The van der Waals surface area contributed by atoms with E-state index in [0.29, 0.717) is 17.9 Å². The third-order valence-corrected chi connectivity index (χ3v) is 7.82. The fourth-order valence-corrected chi connectivity index (χ4v) is 5.07. The molecule has 0 spiro atoms. The van der Waals surface area contributed by atoms with Crippen LogP contribution in [0.25, 0.3) is 55.6 Å². The molecule has 0 radical (unpaired) electrons. The number of H-pyrrole nitrogens is 2. The van der Waals surface area contributed by atoms with Crippen LogP contribution in [0.15, 0.2) is 117 Å². The number of aromatic amines is 2. The van der Waals surface area contributed by atoms with Gasteiger partial charge in [-0.2, -0.15) is 5.10 Å². The zero-order valence-electron chi connectivity index (χ0n) is 27.8. The Morgan fingerprint density at radius 3 is 2.58 bits per heavy atom. The lowest BCUT2D eigenvalue weighted by Crippen LogP contribution is -2.30. The number of amides is 2. The van der Waals surface area contributed by atoms with Crippen molar-refractivity contribution < 1.29 is 4.79 Å². The molecule has 0 atom stereocenters. The van der Waals surface area contributed by atoms with Gasteiger partial charge in [0.2, 0.25) is 0 Å². The summed E-state index contributed by atoms with van der Waals surface area (Å²) in [7, 11) is 1.75. The van der Waals surface area contributed by atoms with Crippen LogP contribution in [-0.4, -0.2) is 54.7 Å². The molecule has 0 saturated heterocycles. The molecule has 0 unspecified atom stereocenters. The highest BCUT2D eigenvalue weighted by Crippen LogP contribution is 2.33. The topological polar surface area (TPSA) is 115 Å². The van der Waals surface area contributed by atoms with Crippen molar-refractivity contribution in [2.24, 2.45) is 0 Å². The van der Waals surface area contributed by atoms with Gasteiger partial charge < -0.3 is 15.2 Å². The molecule has 0 saturated carbocycles. The lowest BCUT2D eigenvalue weighted by atomic mass is 10.0. The van der Waals surface area contributed by atoms with Gasteiger partial charge in [0.1, 0.15) is 0 Å². The van der Waals surface area contributed by atoms with Crippen molar-refractivity contribution in [1.29, 1.82) is 0 Å². The Bertz CT molecular complexity index is 2120. The number of aromatic nitrogens is 6. The van der Waals surface area contributed by atoms with E-state index in [2.05, 4.69) is 85.9 Å². The zero-order chi connectivity index (χ0) is 34.0. The number of urea groups is 1. The summed E-state index contributed by atoms with van der Waals surface area (Å²) < 4.78 is 0. The maximum Gasteiger partial charge on any atom is 0.321 e. The number of anilines is 1. The number of pyridine rings is 3. The van der Waals surface area contributed by atoms with E-state index >= 15 is 0 Å². The molecule has 0 aliphatic heterocycles. The first-order valence-corrected chi connectivity index (χ1v) is 15.8. The molecule has 5 aromatic heterocycles. The monoisotopic (exact) mass is 636 g/mol. The van der Waals surface area contributed by atoms with E-state index in [1.807, 2.05) is 56.3 Å². The lowest BCUT2D eigenvalue weighted by Gasteiger charge is -2.15. The first kappa shape index (κ1) is 33.3. The normalized spacial score (nSPS) is 11.4. The third-order valence-electron chi connectivity index (χ3n) is 7.82. The quantitative estimate of drug-likeness (QED) is 0.137. The van der Waals surface area contributed by atoms with E-state index in [4.69, 9.17) is 0 Å². The van der Waals surface area contributed by atoms with Gasteiger partial charge in [0, 0.05) is 59.6 Å². The second-order valence-electron chi connectivity index (χ2n) is 11.2. The number of carbonyl (C=O) groups is 1. The minimum atomic E-state index is -0.182. The molecule has 5 heterocycles. The highest BCUT2D eigenvalue weighted by molar-refractivity contribution is 6.00. The number of hydrogen-bond donors (Lipinski definition) is 3. The van der Waals surface area contributed by atoms with Gasteiger partial charge in [0.15, 0.2) is 5.65 Å². The van der Waals surface area contributed by atoms with Crippen molar-refractivity contribution in [2.75, 3.05) is 18.9 Å². The van der Waals surface area contributed by atoms with Gasteiger partial charge in [-0.1, -0.05) is 62.6 Å². The van der Waals surface area contributed by atoms with Gasteiger partial charge >= 0.3 is 6.03 Å². The molecule has 3 N–H and O–H groups in total. The summed E-state index contributed by atoms with van der Waals surface area (Å²) in [6.45, 7) is 14.5. The van der Waals surface area contributed by atoms with Crippen LogP contribution in [0.2, 0.25) is 0 Å². The minimum absolute atomic E-state index is 0.182. The summed E-state index contributed by atoms with van der Waals surface area (Å²) in [5.74, 6) is 0. The van der Waals surface area contributed by atoms with Crippen LogP contribution in [0.4, 0.5) is 10.5 Å². The molecule has 9 nitrogen and oxygen atoms in total. The highest BCUT2D eigenvalue weighted by atomic mass is 16.2. The first-order chi connectivity index (χ1) is 23.3. The Labute approximate surface area is 280 Å². The molecule has 48 heavy (non-hydrogen) atoms. The highest BCUT2D eigenvalue weighted by Gasteiger charge is 2.15. The number of fused-ring (bicyclic) bond motifs is 2. The molecule has 9 heteroatoms. The summed E-state index contributed by atoms with van der Waals surface area (Å²) in [6, 6.07) is 17.9. The van der Waals surface area contributed by atoms with Gasteiger partial charge in [-0.3, -0.25) is 15.1 Å². The molecule has 1 aromatic carbocycles. The summed E-state index contributed by atoms with van der Waals surface area (Å²) in [5.41, 5.74) is 9.95. The number of benzene rings is 1. The first-order valence-electron chi connectivity index (χ1n) is 15.8. The summed E-state index contributed by atoms with van der Waals surface area (Å²) >= 11 is 0. The van der Waals surface area contributed by atoms with Crippen molar-refractivity contribution in [1.82, 2.24) is 35.0 Å². The fraction of sp³-hybridized carbons (Fsp3) is 0.154. The Hall–Kier alpha value is -6.09. The van der Waals surface area contributed by atoms with Gasteiger partial charge in [-0.05, 0) is 73.4 Å². The van der Waals surface area contributed by atoms with Crippen molar-refractivity contribution in [2.45, 2.75) is 27.2 Å². The van der Waals surface area contributed by atoms with Crippen molar-refractivity contribution in [3.05, 3.63) is 128 Å². The van der Waals surface area contributed by atoms with E-state index in [0.717, 1.165) is 67.6 Å². The molecular weight excluding hydrogens is 596 g/mol. The lowest BCUT2D eigenvalue weighted by molar-refractivity contribution is 0.224. The van der Waals surface area contributed by atoms with E-state index in [-0.39, 0.29) is 6.03 Å². The molecule has 2 amide bonds. The summed E-state index contributed by atoms with van der Waals surface area (Å²) in [4.78, 5) is 30.5. The average molecular weight is 637 g/mol.